The van der Waals surface area contributed by atoms with E-state index in [1.807, 2.05) is 36.1 Å². The third-order valence-corrected chi connectivity index (χ3v) is 5.51. The van der Waals surface area contributed by atoms with Crippen LogP contribution in [0.4, 0.5) is 0 Å². The fourth-order valence-corrected chi connectivity index (χ4v) is 4.18. The van der Waals surface area contributed by atoms with Crippen LogP contribution in [0.2, 0.25) is 0 Å². The normalized spacial score (nSPS) is 15.7. The molecule has 0 spiro atoms. The number of H-pyrrole nitrogens is 1. The van der Waals surface area contributed by atoms with Crippen LogP contribution in [0, 0.1) is 13.8 Å². The number of nitrogens with zero attached hydrogens (tertiary/aromatic N) is 1. The van der Waals surface area contributed by atoms with Crippen LogP contribution in [0.15, 0.2) is 48.5 Å². The number of rotatable bonds is 2. The standard InChI is InChI=1S/C22H24N2O/c1-15-7-3-4-8-18(15)22(25)24-13-11-17(12-14-24)21-16(2)23-20-10-6-5-9-19(20)21/h3-10,17,23H,11-14H2,1-2H3. The average Bonchev–Trinajstić information content (AvgIpc) is 2.97. The second-order valence-corrected chi connectivity index (χ2v) is 7.09. The molecule has 4 rings (SSSR count). The number of para-hydroxylation sites is 1. The molecule has 3 nitrogen and oxygen atoms in total. The number of carbonyl (C=O) groups excluding carboxylic acids is 1. The smallest absolute Gasteiger partial charge is 0.254 e. The Labute approximate surface area is 148 Å². The molecule has 2 heterocycles. The van der Waals surface area contributed by atoms with Gasteiger partial charge in [-0.25, -0.2) is 0 Å². The SMILES string of the molecule is Cc1ccccc1C(=O)N1CCC(c2c(C)[nH]c3ccccc23)CC1. The van der Waals surface area contributed by atoms with Gasteiger partial charge in [-0.1, -0.05) is 36.4 Å². The summed E-state index contributed by atoms with van der Waals surface area (Å²) >= 11 is 0. The van der Waals surface area contributed by atoms with Crippen molar-refractivity contribution in [3.63, 3.8) is 0 Å². The summed E-state index contributed by atoms with van der Waals surface area (Å²) < 4.78 is 0. The summed E-state index contributed by atoms with van der Waals surface area (Å²) in [6.45, 7) is 5.84. The molecule has 0 aliphatic carbocycles. The number of amides is 1. The van der Waals surface area contributed by atoms with Crippen molar-refractivity contribution in [2.45, 2.75) is 32.6 Å². The molecule has 1 fully saturated rings. The summed E-state index contributed by atoms with van der Waals surface area (Å²) in [4.78, 5) is 18.3. The van der Waals surface area contributed by atoms with Crippen LogP contribution < -0.4 is 0 Å². The molecule has 2 aromatic carbocycles. The van der Waals surface area contributed by atoms with Crippen LogP contribution in [0.1, 0.15) is 45.9 Å². The first kappa shape index (κ1) is 15.9. The molecule has 1 amide bonds. The van der Waals surface area contributed by atoms with Crippen molar-refractivity contribution in [3.8, 4) is 0 Å². The quantitative estimate of drug-likeness (QED) is 0.718. The molecular formula is C22H24N2O. The lowest BCUT2D eigenvalue weighted by atomic mass is 9.87. The fourth-order valence-electron chi connectivity index (χ4n) is 4.18. The van der Waals surface area contributed by atoms with E-state index in [2.05, 4.69) is 36.2 Å². The first-order valence-corrected chi connectivity index (χ1v) is 9.07. The largest absolute Gasteiger partial charge is 0.358 e. The van der Waals surface area contributed by atoms with E-state index >= 15 is 0 Å². The van der Waals surface area contributed by atoms with Gasteiger partial charge < -0.3 is 9.88 Å². The highest BCUT2D eigenvalue weighted by molar-refractivity contribution is 5.95. The zero-order valence-corrected chi connectivity index (χ0v) is 14.9. The summed E-state index contributed by atoms with van der Waals surface area (Å²) in [5.74, 6) is 0.698. The predicted molar refractivity (Wildman–Crippen MR) is 102 cm³/mol. The Morgan fingerprint density at radius 1 is 1.00 bits per heavy atom. The molecule has 1 N–H and O–H groups in total. The van der Waals surface area contributed by atoms with E-state index in [4.69, 9.17) is 0 Å². The number of piperidine rings is 1. The Kier molecular flexibility index (Phi) is 4.08. The number of hydrogen-bond donors (Lipinski definition) is 1. The number of aryl methyl sites for hydroxylation is 2. The Hall–Kier alpha value is -2.55. The molecule has 1 aliphatic heterocycles. The van der Waals surface area contributed by atoms with Gasteiger partial charge in [0, 0.05) is 35.2 Å². The zero-order chi connectivity index (χ0) is 17.4. The molecular weight excluding hydrogens is 308 g/mol. The summed E-state index contributed by atoms with van der Waals surface area (Å²) in [5.41, 5.74) is 5.82. The first-order valence-electron chi connectivity index (χ1n) is 9.07. The third-order valence-electron chi connectivity index (χ3n) is 5.51. The molecule has 0 bridgehead atoms. The van der Waals surface area contributed by atoms with E-state index < -0.39 is 0 Å². The van der Waals surface area contributed by atoms with E-state index in [-0.39, 0.29) is 5.91 Å². The van der Waals surface area contributed by atoms with Crippen molar-refractivity contribution >= 4 is 16.8 Å². The lowest BCUT2D eigenvalue weighted by Crippen LogP contribution is -2.38. The number of fused-ring (bicyclic) bond motifs is 1. The fraction of sp³-hybridized carbons (Fsp3) is 0.318. The second-order valence-electron chi connectivity index (χ2n) is 7.09. The van der Waals surface area contributed by atoms with Crippen molar-refractivity contribution in [1.82, 2.24) is 9.88 Å². The van der Waals surface area contributed by atoms with Gasteiger partial charge in [0.25, 0.3) is 5.91 Å². The molecule has 3 heteroatoms. The zero-order valence-electron chi connectivity index (χ0n) is 14.9. The van der Waals surface area contributed by atoms with E-state index in [1.165, 1.54) is 22.2 Å². The van der Waals surface area contributed by atoms with Crippen LogP contribution >= 0.6 is 0 Å². The Morgan fingerprint density at radius 2 is 1.68 bits per heavy atom. The molecule has 3 aromatic rings. The number of hydrogen-bond acceptors (Lipinski definition) is 1. The van der Waals surface area contributed by atoms with Gasteiger partial charge in [-0.3, -0.25) is 4.79 Å². The van der Waals surface area contributed by atoms with Crippen LogP contribution in [0.25, 0.3) is 10.9 Å². The summed E-state index contributed by atoms with van der Waals surface area (Å²) in [7, 11) is 0. The summed E-state index contributed by atoms with van der Waals surface area (Å²) in [6, 6.07) is 16.4. The van der Waals surface area contributed by atoms with Crippen molar-refractivity contribution < 1.29 is 4.79 Å². The number of likely N-dealkylation sites (tertiary alicyclic amines) is 1. The summed E-state index contributed by atoms with van der Waals surface area (Å²) in [5, 5.41) is 1.34. The van der Waals surface area contributed by atoms with E-state index in [1.54, 1.807) is 0 Å². The van der Waals surface area contributed by atoms with E-state index in [9.17, 15) is 4.79 Å². The van der Waals surface area contributed by atoms with Gasteiger partial charge >= 0.3 is 0 Å². The number of aromatic amines is 1. The number of benzene rings is 2. The number of aromatic nitrogens is 1. The van der Waals surface area contributed by atoms with E-state index in [0.717, 1.165) is 37.1 Å². The summed E-state index contributed by atoms with van der Waals surface area (Å²) in [6.07, 6.45) is 2.06. The minimum absolute atomic E-state index is 0.173. The number of nitrogens with one attached hydrogen (secondary N) is 1. The molecule has 0 unspecified atom stereocenters. The topological polar surface area (TPSA) is 36.1 Å². The van der Waals surface area contributed by atoms with Crippen molar-refractivity contribution in [2.75, 3.05) is 13.1 Å². The van der Waals surface area contributed by atoms with Gasteiger partial charge in [-0.15, -0.1) is 0 Å². The molecule has 0 saturated carbocycles. The van der Waals surface area contributed by atoms with Gasteiger partial charge in [0.05, 0.1) is 0 Å². The minimum atomic E-state index is 0.173. The average molecular weight is 332 g/mol. The highest BCUT2D eigenvalue weighted by Crippen LogP contribution is 2.35. The maximum atomic E-state index is 12.8. The highest BCUT2D eigenvalue weighted by Gasteiger charge is 2.27. The van der Waals surface area contributed by atoms with Gasteiger partial charge in [0.1, 0.15) is 0 Å². The molecule has 1 saturated heterocycles. The van der Waals surface area contributed by atoms with Crippen molar-refractivity contribution in [3.05, 3.63) is 70.9 Å². The Balaban J connectivity index is 1.53. The minimum Gasteiger partial charge on any atom is -0.358 e. The molecule has 1 aromatic heterocycles. The van der Waals surface area contributed by atoms with Crippen molar-refractivity contribution in [1.29, 1.82) is 0 Å². The van der Waals surface area contributed by atoms with Gasteiger partial charge in [-0.05, 0) is 55.9 Å². The van der Waals surface area contributed by atoms with Gasteiger partial charge in [0.15, 0.2) is 0 Å². The van der Waals surface area contributed by atoms with Crippen LogP contribution in [-0.4, -0.2) is 28.9 Å². The highest BCUT2D eigenvalue weighted by atomic mass is 16.2. The maximum absolute atomic E-state index is 12.8. The number of carbonyl (C=O) groups is 1. The second kappa shape index (κ2) is 6.40. The predicted octanol–water partition coefficient (Wildman–Crippen LogP) is 4.80. The first-order chi connectivity index (χ1) is 12.1. The lowest BCUT2D eigenvalue weighted by Gasteiger charge is -2.32. The van der Waals surface area contributed by atoms with Crippen LogP contribution in [0.3, 0.4) is 0 Å². The van der Waals surface area contributed by atoms with Crippen molar-refractivity contribution in [2.24, 2.45) is 0 Å². The molecule has 25 heavy (non-hydrogen) atoms. The monoisotopic (exact) mass is 332 g/mol. The third kappa shape index (κ3) is 2.84. The van der Waals surface area contributed by atoms with Crippen LogP contribution in [0.5, 0.6) is 0 Å². The molecule has 0 atom stereocenters. The molecule has 0 radical (unpaired) electrons. The lowest BCUT2D eigenvalue weighted by molar-refractivity contribution is 0.0712. The van der Waals surface area contributed by atoms with Crippen LogP contribution in [-0.2, 0) is 0 Å². The molecule has 128 valence electrons. The van der Waals surface area contributed by atoms with E-state index in [0.29, 0.717) is 5.92 Å². The molecule has 1 aliphatic rings. The van der Waals surface area contributed by atoms with Gasteiger partial charge in [-0.2, -0.15) is 0 Å². The van der Waals surface area contributed by atoms with Gasteiger partial charge in [0.2, 0.25) is 0 Å². The Morgan fingerprint density at radius 3 is 2.44 bits per heavy atom. The Bertz CT molecular complexity index is 917. The maximum Gasteiger partial charge on any atom is 0.254 e.